The first-order valence-electron chi connectivity index (χ1n) is 7.34. The monoisotopic (exact) mass is 292 g/mol. The lowest BCUT2D eigenvalue weighted by molar-refractivity contribution is -0.148. The van der Waals surface area contributed by atoms with Crippen molar-refractivity contribution in [3.63, 3.8) is 0 Å². The third-order valence-corrected chi connectivity index (χ3v) is 3.31. The van der Waals surface area contributed by atoms with Gasteiger partial charge in [-0.05, 0) is 37.0 Å². The van der Waals surface area contributed by atoms with Crippen LogP contribution in [0.15, 0.2) is 24.3 Å². The van der Waals surface area contributed by atoms with Crippen LogP contribution in [0.1, 0.15) is 38.7 Å². The molecule has 116 valence electrons. The summed E-state index contributed by atoms with van der Waals surface area (Å²) in [5, 5.41) is 2.82. The standard InChI is InChI=1S/C16H24N2O3/c1-3-14(4-2)18-15(19)11-21-16(20)10-7-12-5-8-13(17)9-6-12/h5-6,8-9,14H,3-4,7,10-11,17H2,1-2H3,(H,18,19). The average molecular weight is 292 g/mol. The van der Waals surface area contributed by atoms with Crippen molar-refractivity contribution in [2.24, 2.45) is 0 Å². The number of anilines is 1. The number of rotatable bonds is 8. The Labute approximate surface area is 125 Å². The largest absolute Gasteiger partial charge is 0.456 e. The van der Waals surface area contributed by atoms with Crippen molar-refractivity contribution in [1.29, 1.82) is 0 Å². The molecule has 0 spiro atoms. The van der Waals surface area contributed by atoms with Gasteiger partial charge in [0.1, 0.15) is 0 Å². The molecule has 0 radical (unpaired) electrons. The molecule has 1 amide bonds. The van der Waals surface area contributed by atoms with E-state index in [9.17, 15) is 9.59 Å². The number of hydrogen-bond acceptors (Lipinski definition) is 4. The Balaban J connectivity index is 2.24. The first-order valence-corrected chi connectivity index (χ1v) is 7.34. The zero-order valence-electron chi connectivity index (χ0n) is 12.7. The number of nitrogens with two attached hydrogens (primary N) is 1. The van der Waals surface area contributed by atoms with Crippen molar-refractivity contribution in [3.05, 3.63) is 29.8 Å². The Bertz CT molecular complexity index is 453. The van der Waals surface area contributed by atoms with Gasteiger partial charge >= 0.3 is 5.97 Å². The van der Waals surface area contributed by atoms with Gasteiger partial charge in [0.05, 0.1) is 0 Å². The maximum atomic E-state index is 11.6. The Hall–Kier alpha value is -2.04. The third kappa shape index (κ3) is 6.79. The van der Waals surface area contributed by atoms with Crippen molar-refractivity contribution in [1.82, 2.24) is 5.32 Å². The number of nitrogen functional groups attached to an aromatic ring is 1. The number of hydrogen-bond donors (Lipinski definition) is 2. The Kier molecular flexibility index (Phi) is 7.29. The maximum Gasteiger partial charge on any atom is 0.306 e. The number of nitrogens with one attached hydrogen (secondary N) is 1. The molecule has 1 aromatic rings. The van der Waals surface area contributed by atoms with Gasteiger partial charge < -0.3 is 15.8 Å². The molecule has 21 heavy (non-hydrogen) atoms. The molecule has 5 nitrogen and oxygen atoms in total. The van der Waals surface area contributed by atoms with E-state index in [-0.39, 0.29) is 30.9 Å². The van der Waals surface area contributed by atoms with Crippen LogP contribution in [0.2, 0.25) is 0 Å². The lowest BCUT2D eigenvalue weighted by atomic mass is 10.1. The minimum Gasteiger partial charge on any atom is -0.456 e. The number of ether oxygens (including phenoxy) is 1. The molecule has 0 aliphatic rings. The SMILES string of the molecule is CCC(CC)NC(=O)COC(=O)CCc1ccc(N)cc1. The second kappa shape index (κ2) is 9.00. The fraction of sp³-hybridized carbons (Fsp3) is 0.500. The van der Waals surface area contributed by atoms with Crippen LogP contribution in [-0.2, 0) is 20.7 Å². The van der Waals surface area contributed by atoms with E-state index in [2.05, 4.69) is 5.32 Å². The van der Waals surface area contributed by atoms with Crippen LogP contribution in [0.3, 0.4) is 0 Å². The van der Waals surface area contributed by atoms with Crippen LogP contribution in [0.4, 0.5) is 5.69 Å². The van der Waals surface area contributed by atoms with Crippen LogP contribution in [-0.4, -0.2) is 24.5 Å². The lowest BCUT2D eigenvalue weighted by Crippen LogP contribution is -2.36. The fourth-order valence-electron chi connectivity index (χ4n) is 1.91. The van der Waals surface area contributed by atoms with E-state index in [0.717, 1.165) is 18.4 Å². The second-order valence-corrected chi connectivity index (χ2v) is 4.98. The molecule has 0 aliphatic heterocycles. The normalized spacial score (nSPS) is 10.4. The van der Waals surface area contributed by atoms with Crippen LogP contribution < -0.4 is 11.1 Å². The van der Waals surface area contributed by atoms with E-state index >= 15 is 0 Å². The molecule has 0 heterocycles. The second-order valence-electron chi connectivity index (χ2n) is 4.98. The quantitative estimate of drug-likeness (QED) is 0.567. The van der Waals surface area contributed by atoms with Gasteiger partial charge in [-0.25, -0.2) is 0 Å². The minimum atomic E-state index is -0.369. The highest BCUT2D eigenvalue weighted by Crippen LogP contribution is 2.08. The molecule has 0 fully saturated rings. The van der Waals surface area contributed by atoms with Crippen LogP contribution in [0, 0.1) is 0 Å². The topological polar surface area (TPSA) is 81.4 Å². The predicted molar refractivity (Wildman–Crippen MR) is 82.6 cm³/mol. The predicted octanol–water partition coefficient (Wildman–Crippen LogP) is 2.05. The summed E-state index contributed by atoms with van der Waals surface area (Å²) in [5.74, 6) is -0.615. The van der Waals surface area contributed by atoms with Crippen molar-refractivity contribution >= 4 is 17.6 Å². The summed E-state index contributed by atoms with van der Waals surface area (Å²) in [6.07, 6.45) is 2.57. The maximum absolute atomic E-state index is 11.6. The molecule has 5 heteroatoms. The van der Waals surface area contributed by atoms with Crippen LogP contribution >= 0.6 is 0 Å². The molecule has 0 saturated carbocycles. The molecule has 0 aromatic heterocycles. The highest BCUT2D eigenvalue weighted by atomic mass is 16.5. The molecule has 0 saturated heterocycles. The highest BCUT2D eigenvalue weighted by Gasteiger charge is 2.11. The van der Waals surface area contributed by atoms with E-state index in [4.69, 9.17) is 10.5 Å². The summed E-state index contributed by atoms with van der Waals surface area (Å²) in [6.45, 7) is 3.80. The summed E-state index contributed by atoms with van der Waals surface area (Å²) < 4.78 is 4.96. The van der Waals surface area contributed by atoms with Crippen molar-refractivity contribution in [2.45, 2.75) is 45.6 Å². The summed E-state index contributed by atoms with van der Waals surface area (Å²) in [6, 6.07) is 7.49. The lowest BCUT2D eigenvalue weighted by Gasteiger charge is -2.14. The van der Waals surface area contributed by atoms with Gasteiger partial charge in [-0.3, -0.25) is 9.59 Å². The van der Waals surface area contributed by atoms with E-state index in [1.165, 1.54) is 0 Å². The molecule has 1 rings (SSSR count). The fourth-order valence-corrected chi connectivity index (χ4v) is 1.91. The van der Waals surface area contributed by atoms with Crippen molar-refractivity contribution < 1.29 is 14.3 Å². The molecule has 0 unspecified atom stereocenters. The van der Waals surface area contributed by atoms with Gasteiger partial charge in [-0.15, -0.1) is 0 Å². The number of carbonyl (C=O) groups excluding carboxylic acids is 2. The zero-order valence-corrected chi connectivity index (χ0v) is 12.7. The highest BCUT2D eigenvalue weighted by molar-refractivity contribution is 5.80. The van der Waals surface area contributed by atoms with Gasteiger partial charge in [0.25, 0.3) is 5.91 Å². The molecular weight excluding hydrogens is 268 g/mol. The molecule has 0 bridgehead atoms. The summed E-state index contributed by atoms with van der Waals surface area (Å²) in [7, 11) is 0. The summed E-state index contributed by atoms with van der Waals surface area (Å²) in [4.78, 5) is 23.2. The van der Waals surface area contributed by atoms with Crippen LogP contribution in [0.5, 0.6) is 0 Å². The summed E-state index contributed by atoms with van der Waals surface area (Å²) in [5.41, 5.74) is 7.30. The molecule has 0 aliphatic carbocycles. The van der Waals surface area contributed by atoms with Crippen LogP contribution in [0.25, 0.3) is 0 Å². The van der Waals surface area contributed by atoms with E-state index in [1.807, 2.05) is 26.0 Å². The van der Waals surface area contributed by atoms with Gasteiger partial charge in [0.2, 0.25) is 0 Å². The van der Waals surface area contributed by atoms with E-state index in [1.54, 1.807) is 12.1 Å². The number of esters is 1. The van der Waals surface area contributed by atoms with Crippen molar-refractivity contribution in [2.75, 3.05) is 12.3 Å². The molecule has 0 atom stereocenters. The number of benzene rings is 1. The first-order chi connectivity index (χ1) is 10.0. The molecule has 3 N–H and O–H groups in total. The third-order valence-electron chi connectivity index (χ3n) is 3.31. The van der Waals surface area contributed by atoms with E-state index in [0.29, 0.717) is 12.1 Å². The first kappa shape index (κ1) is 17.0. The number of aryl methyl sites for hydroxylation is 1. The van der Waals surface area contributed by atoms with E-state index < -0.39 is 0 Å². The average Bonchev–Trinajstić information content (AvgIpc) is 2.50. The summed E-state index contributed by atoms with van der Waals surface area (Å²) >= 11 is 0. The Morgan fingerprint density at radius 2 is 1.81 bits per heavy atom. The van der Waals surface area contributed by atoms with Crippen molar-refractivity contribution in [3.8, 4) is 0 Å². The number of amides is 1. The molecule has 1 aromatic carbocycles. The number of carbonyl (C=O) groups is 2. The van der Waals surface area contributed by atoms with Gasteiger partial charge in [0, 0.05) is 18.2 Å². The Morgan fingerprint density at radius 1 is 1.19 bits per heavy atom. The van der Waals surface area contributed by atoms with Gasteiger partial charge in [-0.1, -0.05) is 26.0 Å². The smallest absolute Gasteiger partial charge is 0.306 e. The van der Waals surface area contributed by atoms with Gasteiger partial charge in [0.15, 0.2) is 6.61 Å². The minimum absolute atomic E-state index is 0.144. The zero-order chi connectivity index (χ0) is 15.7. The van der Waals surface area contributed by atoms with Gasteiger partial charge in [-0.2, -0.15) is 0 Å². The Morgan fingerprint density at radius 3 is 2.38 bits per heavy atom. The molecular formula is C16H24N2O3.